The van der Waals surface area contributed by atoms with Crippen LogP contribution < -0.4 is 10.1 Å². The standard InChI is InChI=1S/C20H21Cl2NO3/c1-25-12-13-26-18-16(22)4-2-5-17(18)23-19(24)20(10-3-11-20)14-6-8-15(21)9-7-14/h2,4-9H,3,10-13H2,1H3,(H,23,24). The van der Waals surface area contributed by atoms with E-state index in [0.717, 1.165) is 24.8 Å². The van der Waals surface area contributed by atoms with Gasteiger partial charge in [-0.2, -0.15) is 0 Å². The molecule has 0 atom stereocenters. The molecule has 6 heteroatoms. The molecule has 1 fully saturated rings. The Kier molecular flexibility index (Phi) is 6.07. The summed E-state index contributed by atoms with van der Waals surface area (Å²) in [5.41, 5.74) is 1.02. The molecule has 1 aliphatic rings. The SMILES string of the molecule is COCCOc1c(Cl)cccc1NC(=O)C1(c2ccc(Cl)cc2)CCC1. The number of nitrogens with one attached hydrogen (secondary N) is 1. The first-order valence-corrected chi connectivity index (χ1v) is 9.30. The zero-order chi connectivity index (χ0) is 18.6. The van der Waals surface area contributed by atoms with Crippen LogP contribution in [0.5, 0.6) is 5.75 Å². The molecule has 0 saturated heterocycles. The van der Waals surface area contributed by atoms with Gasteiger partial charge in [0.05, 0.1) is 22.7 Å². The third-order valence-corrected chi connectivity index (χ3v) is 5.34. The van der Waals surface area contributed by atoms with Crippen molar-refractivity contribution < 1.29 is 14.3 Å². The van der Waals surface area contributed by atoms with Gasteiger partial charge >= 0.3 is 0 Å². The number of anilines is 1. The molecule has 2 aromatic rings. The molecule has 3 rings (SSSR count). The fourth-order valence-corrected chi connectivity index (χ4v) is 3.52. The Balaban J connectivity index is 1.83. The summed E-state index contributed by atoms with van der Waals surface area (Å²) in [5.74, 6) is 0.412. The molecule has 0 bridgehead atoms. The molecule has 0 aliphatic heterocycles. The largest absolute Gasteiger partial charge is 0.487 e. The lowest BCUT2D eigenvalue weighted by Crippen LogP contribution is -2.46. The van der Waals surface area contributed by atoms with Crippen LogP contribution >= 0.6 is 23.2 Å². The minimum atomic E-state index is -0.531. The minimum absolute atomic E-state index is 0.0510. The predicted octanol–water partition coefficient (Wildman–Crippen LogP) is 5.08. The van der Waals surface area contributed by atoms with Gasteiger partial charge in [0, 0.05) is 12.1 Å². The van der Waals surface area contributed by atoms with Crippen molar-refractivity contribution in [2.24, 2.45) is 0 Å². The molecule has 0 unspecified atom stereocenters. The number of methoxy groups -OCH3 is 1. The van der Waals surface area contributed by atoms with Crippen LogP contribution in [0.2, 0.25) is 10.0 Å². The Bertz CT molecular complexity index is 773. The monoisotopic (exact) mass is 393 g/mol. The number of rotatable bonds is 7. The summed E-state index contributed by atoms with van der Waals surface area (Å²) in [7, 11) is 1.60. The van der Waals surface area contributed by atoms with Gasteiger partial charge in [0.25, 0.3) is 0 Å². The second-order valence-electron chi connectivity index (χ2n) is 6.35. The highest BCUT2D eigenvalue weighted by Crippen LogP contribution is 2.45. The van der Waals surface area contributed by atoms with Crippen molar-refractivity contribution in [2.45, 2.75) is 24.7 Å². The second kappa shape index (κ2) is 8.30. The van der Waals surface area contributed by atoms with Crippen molar-refractivity contribution in [3.05, 3.63) is 58.1 Å². The van der Waals surface area contributed by atoms with Crippen LogP contribution in [0.4, 0.5) is 5.69 Å². The van der Waals surface area contributed by atoms with E-state index in [0.29, 0.717) is 34.7 Å². The van der Waals surface area contributed by atoms with Crippen LogP contribution in [0.1, 0.15) is 24.8 Å². The van der Waals surface area contributed by atoms with Gasteiger partial charge in [-0.3, -0.25) is 4.79 Å². The molecule has 0 aromatic heterocycles. The van der Waals surface area contributed by atoms with E-state index in [-0.39, 0.29) is 5.91 Å². The van der Waals surface area contributed by atoms with E-state index in [9.17, 15) is 4.79 Å². The van der Waals surface area contributed by atoms with E-state index in [2.05, 4.69) is 5.32 Å². The number of hydrogen-bond acceptors (Lipinski definition) is 3. The van der Waals surface area contributed by atoms with E-state index in [1.54, 1.807) is 25.3 Å². The highest BCUT2D eigenvalue weighted by atomic mass is 35.5. The molecular formula is C20H21Cl2NO3. The number of benzene rings is 2. The van der Waals surface area contributed by atoms with Gasteiger partial charge in [-0.1, -0.05) is 47.8 Å². The molecule has 138 valence electrons. The summed E-state index contributed by atoms with van der Waals surface area (Å²) in [6.45, 7) is 0.790. The van der Waals surface area contributed by atoms with Crippen LogP contribution in [0, 0.1) is 0 Å². The molecule has 1 amide bonds. The Hall–Kier alpha value is -1.75. The molecule has 26 heavy (non-hydrogen) atoms. The Labute approximate surface area is 163 Å². The Morgan fingerprint density at radius 1 is 1.12 bits per heavy atom. The molecular weight excluding hydrogens is 373 g/mol. The van der Waals surface area contributed by atoms with Crippen LogP contribution in [0.15, 0.2) is 42.5 Å². The number of hydrogen-bond donors (Lipinski definition) is 1. The fourth-order valence-electron chi connectivity index (χ4n) is 3.17. The first-order valence-electron chi connectivity index (χ1n) is 8.54. The Morgan fingerprint density at radius 2 is 1.85 bits per heavy atom. The summed E-state index contributed by atoms with van der Waals surface area (Å²) in [4.78, 5) is 13.1. The lowest BCUT2D eigenvalue weighted by molar-refractivity contribution is -0.124. The van der Waals surface area contributed by atoms with Crippen LogP contribution in [-0.2, 0) is 14.9 Å². The van der Waals surface area contributed by atoms with Crippen LogP contribution in [-0.4, -0.2) is 26.2 Å². The molecule has 0 spiro atoms. The van der Waals surface area contributed by atoms with E-state index >= 15 is 0 Å². The number of ether oxygens (including phenoxy) is 2. The number of para-hydroxylation sites is 1. The first kappa shape index (κ1) is 19.0. The minimum Gasteiger partial charge on any atom is -0.487 e. The number of carbonyl (C=O) groups excluding carboxylic acids is 1. The van der Waals surface area contributed by atoms with E-state index < -0.39 is 5.41 Å². The van der Waals surface area contributed by atoms with Gasteiger partial charge in [-0.05, 0) is 42.7 Å². The molecule has 0 heterocycles. The quantitative estimate of drug-likeness (QED) is 0.667. The topological polar surface area (TPSA) is 47.6 Å². The average Bonchev–Trinajstić information content (AvgIpc) is 2.58. The third kappa shape index (κ3) is 3.83. The van der Waals surface area contributed by atoms with E-state index in [4.69, 9.17) is 32.7 Å². The number of halogens is 2. The van der Waals surface area contributed by atoms with Crippen molar-refractivity contribution in [3.63, 3.8) is 0 Å². The maximum absolute atomic E-state index is 13.1. The van der Waals surface area contributed by atoms with Gasteiger partial charge < -0.3 is 14.8 Å². The highest BCUT2D eigenvalue weighted by molar-refractivity contribution is 6.32. The van der Waals surface area contributed by atoms with E-state index in [1.807, 2.05) is 24.3 Å². The molecule has 2 aromatic carbocycles. The predicted molar refractivity (Wildman–Crippen MR) is 104 cm³/mol. The second-order valence-corrected chi connectivity index (χ2v) is 7.20. The number of amides is 1. The molecule has 0 radical (unpaired) electrons. The van der Waals surface area contributed by atoms with Crippen LogP contribution in [0.25, 0.3) is 0 Å². The summed E-state index contributed by atoms with van der Waals surface area (Å²) >= 11 is 12.2. The normalized spacial score (nSPS) is 15.2. The van der Waals surface area contributed by atoms with Gasteiger partial charge in [-0.25, -0.2) is 0 Å². The molecule has 1 aliphatic carbocycles. The van der Waals surface area contributed by atoms with Crippen molar-refractivity contribution in [1.29, 1.82) is 0 Å². The fraction of sp³-hybridized carbons (Fsp3) is 0.350. The summed E-state index contributed by atoms with van der Waals surface area (Å²) in [6.07, 6.45) is 2.63. The average molecular weight is 394 g/mol. The zero-order valence-corrected chi connectivity index (χ0v) is 16.1. The van der Waals surface area contributed by atoms with Crippen molar-refractivity contribution in [2.75, 3.05) is 25.6 Å². The first-order chi connectivity index (χ1) is 12.6. The summed E-state index contributed by atoms with van der Waals surface area (Å²) < 4.78 is 10.7. The van der Waals surface area contributed by atoms with E-state index in [1.165, 1.54) is 0 Å². The molecule has 1 N–H and O–H groups in total. The lowest BCUT2D eigenvalue weighted by atomic mass is 9.64. The van der Waals surface area contributed by atoms with Crippen LogP contribution in [0.3, 0.4) is 0 Å². The zero-order valence-electron chi connectivity index (χ0n) is 14.6. The summed E-state index contributed by atoms with van der Waals surface area (Å²) in [6, 6.07) is 12.8. The van der Waals surface area contributed by atoms with Gasteiger partial charge in [-0.15, -0.1) is 0 Å². The van der Waals surface area contributed by atoms with Gasteiger partial charge in [0.15, 0.2) is 5.75 Å². The van der Waals surface area contributed by atoms with Crippen molar-refractivity contribution in [1.82, 2.24) is 0 Å². The lowest BCUT2D eigenvalue weighted by Gasteiger charge is -2.40. The highest BCUT2D eigenvalue weighted by Gasteiger charge is 2.45. The molecule has 1 saturated carbocycles. The van der Waals surface area contributed by atoms with Crippen molar-refractivity contribution in [3.8, 4) is 5.75 Å². The van der Waals surface area contributed by atoms with Crippen molar-refractivity contribution >= 4 is 34.8 Å². The molecule has 4 nitrogen and oxygen atoms in total. The maximum Gasteiger partial charge on any atom is 0.235 e. The van der Waals surface area contributed by atoms with Gasteiger partial charge in [0.2, 0.25) is 5.91 Å². The van der Waals surface area contributed by atoms with Gasteiger partial charge in [0.1, 0.15) is 6.61 Å². The summed E-state index contributed by atoms with van der Waals surface area (Å²) in [5, 5.41) is 4.12. The maximum atomic E-state index is 13.1. The third-order valence-electron chi connectivity index (χ3n) is 4.79. The Morgan fingerprint density at radius 3 is 2.46 bits per heavy atom. The smallest absolute Gasteiger partial charge is 0.235 e. The number of carbonyl (C=O) groups is 1.